The molecular weight excluding hydrogens is 315 g/mol. The van der Waals surface area contributed by atoms with Crippen molar-refractivity contribution in [3.63, 3.8) is 0 Å². The number of benzene rings is 2. The highest BCUT2D eigenvalue weighted by atomic mass is 19.2. The molecule has 0 radical (unpaired) electrons. The quantitative estimate of drug-likeness (QED) is 0.864. The van der Waals surface area contributed by atoms with Gasteiger partial charge in [-0.1, -0.05) is 12.1 Å². The molecule has 0 bridgehead atoms. The van der Waals surface area contributed by atoms with Crippen LogP contribution in [0.3, 0.4) is 0 Å². The molecule has 1 heterocycles. The van der Waals surface area contributed by atoms with Crippen LogP contribution in [0.15, 0.2) is 36.4 Å². The lowest BCUT2D eigenvalue weighted by molar-refractivity contribution is 0.249. The van der Waals surface area contributed by atoms with E-state index in [4.69, 9.17) is 5.26 Å². The van der Waals surface area contributed by atoms with Crippen LogP contribution in [0.1, 0.15) is 11.1 Å². The van der Waals surface area contributed by atoms with Gasteiger partial charge in [-0.15, -0.1) is 0 Å². The van der Waals surface area contributed by atoms with E-state index in [2.05, 4.69) is 4.90 Å². The number of nitrogens with zero attached hydrogens (tertiary/aromatic N) is 3. The molecule has 0 N–H and O–H groups in total. The number of rotatable bonds is 3. The van der Waals surface area contributed by atoms with Crippen LogP contribution in [0.25, 0.3) is 0 Å². The van der Waals surface area contributed by atoms with Crippen LogP contribution in [-0.2, 0) is 6.54 Å². The largest absolute Gasteiger partial charge is 0.368 e. The summed E-state index contributed by atoms with van der Waals surface area (Å²) in [6.45, 7) is 3.20. The Hall–Kier alpha value is -2.52. The fourth-order valence-corrected chi connectivity index (χ4v) is 2.93. The third kappa shape index (κ3) is 3.36. The zero-order valence-electron chi connectivity index (χ0n) is 13.0. The van der Waals surface area contributed by atoms with E-state index in [9.17, 15) is 13.2 Å². The maximum Gasteiger partial charge on any atom is 0.159 e. The number of halogens is 3. The summed E-state index contributed by atoms with van der Waals surface area (Å²) < 4.78 is 40.0. The highest BCUT2D eigenvalue weighted by Crippen LogP contribution is 2.24. The zero-order chi connectivity index (χ0) is 17.1. The second-order valence-electron chi connectivity index (χ2n) is 5.76. The second kappa shape index (κ2) is 6.93. The Labute approximate surface area is 138 Å². The van der Waals surface area contributed by atoms with Crippen molar-refractivity contribution in [1.29, 1.82) is 5.26 Å². The summed E-state index contributed by atoms with van der Waals surface area (Å²) in [5, 5.41) is 9.13. The first-order valence-corrected chi connectivity index (χ1v) is 7.68. The van der Waals surface area contributed by atoms with Crippen molar-refractivity contribution >= 4 is 5.69 Å². The van der Waals surface area contributed by atoms with Crippen LogP contribution < -0.4 is 4.90 Å². The molecule has 0 aliphatic carbocycles. The minimum Gasteiger partial charge on any atom is -0.368 e. The number of hydrogen-bond acceptors (Lipinski definition) is 3. The standard InChI is InChI=1S/C18H16F3N3/c19-15-2-1-3-18(14(15)11-22)24-8-6-23(7-9-24)12-13-4-5-16(20)17(21)10-13/h1-5,10H,6-9,12H2. The molecule has 1 aliphatic heterocycles. The van der Waals surface area contributed by atoms with Gasteiger partial charge < -0.3 is 4.90 Å². The smallest absolute Gasteiger partial charge is 0.159 e. The molecule has 2 aromatic rings. The molecule has 1 fully saturated rings. The summed E-state index contributed by atoms with van der Waals surface area (Å²) in [5.74, 6) is -2.21. The van der Waals surface area contributed by atoms with Crippen molar-refractivity contribution in [2.45, 2.75) is 6.54 Å². The molecule has 0 spiro atoms. The van der Waals surface area contributed by atoms with Gasteiger partial charge in [0.05, 0.1) is 5.69 Å². The maximum absolute atomic E-state index is 13.7. The van der Waals surface area contributed by atoms with E-state index < -0.39 is 17.5 Å². The summed E-state index contributed by atoms with van der Waals surface area (Å²) in [6, 6.07) is 10.5. The van der Waals surface area contributed by atoms with Crippen molar-refractivity contribution < 1.29 is 13.2 Å². The average Bonchev–Trinajstić information content (AvgIpc) is 2.59. The highest BCUT2D eigenvalue weighted by Gasteiger charge is 2.21. The molecule has 24 heavy (non-hydrogen) atoms. The van der Waals surface area contributed by atoms with Gasteiger partial charge in [-0.05, 0) is 29.8 Å². The number of nitriles is 1. The maximum atomic E-state index is 13.7. The van der Waals surface area contributed by atoms with Gasteiger partial charge in [0, 0.05) is 32.7 Å². The van der Waals surface area contributed by atoms with Gasteiger partial charge in [0.2, 0.25) is 0 Å². The number of piperazine rings is 1. The SMILES string of the molecule is N#Cc1c(F)cccc1N1CCN(Cc2ccc(F)c(F)c2)CC1. The van der Waals surface area contributed by atoms with Crippen molar-refractivity contribution in [1.82, 2.24) is 4.90 Å². The molecule has 1 aliphatic rings. The molecule has 0 saturated carbocycles. The molecule has 3 nitrogen and oxygen atoms in total. The molecule has 2 aromatic carbocycles. The van der Waals surface area contributed by atoms with Crippen LogP contribution in [0.5, 0.6) is 0 Å². The Morgan fingerprint density at radius 1 is 0.917 bits per heavy atom. The lowest BCUT2D eigenvalue weighted by Crippen LogP contribution is -2.46. The predicted octanol–water partition coefficient (Wildman–Crippen LogP) is 3.30. The van der Waals surface area contributed by atoms with E-state index in [-0.39, 0.29) is 5.56 Å². The molecule has 3 rings (SSSR count). The van der Waals surface area contributed by atoms with E-state index in [1.807, 2.05) is 11.0 Å². The Morgan fingerprint density at radius 2 is 1.67 bits per heavy atom. The lowest BCUT2D eigenvalue weighted by Gasteiger charge is -2.36. The minimum absolute atomic E-state index is 0.0616. The van der Waals surface area contributed by atoms with Gasteiger partial charge in [0.15, 0.2) is 11.6 Å². The number of anilines is 1. The van der Waals surface area contributed by atoms with Gasteiger partial charge >= 0.3 is 0 Å². The average molecular weight is 331 g/mol. The molecule has 124 valence electrons. The molecule has 0 aromatic heterocycles. The van der Waals surface area contributed by atoms with Crippen molar-refractivity contribution in [2.24, 2.45) is 0 Å². The summed E-state index contributed by atoms with van der Waals surface area (Å²) >= 11 is 0. The fraction of sp³-hybridized carbons (Fsp3) is 0.278. The minimum atomic E-state index is -0.848. The summed E-state index contributed by atoms with van der Waals surface area (Å²) in [7, 11) is 0. The first-order chi connectivity index (χ1) is 11.6. The molecule has 1 saturated heterocycles. The van der Waals surface area contributed by atoms with Crippen molar-refractivity contribution in [3.05, 3.63) is 65.0 Å². The molecule has 0 unspecified atom stereocenters. The number of hydrogen-bond donors (Lipinski definition) is 0. The van der Waals surface area contributed by atoms with Crippen LogP contribution >= 0.6 is 0 Å². The van der Waals surface area contributed by atoms with E-state index in [0.29, 0.717) is 44.0 Å². The van der Waals surface area contributed by atoms with Crippen LogP contribution in [0.2, 0.25) is 0 Å². The Bertz CT molecular complexity index is 778. The monoisotopic (exact) mass is 331 g/mol. The van der Waals surface area contributed by atoms with Gasteiger partial charge in [-0.25, -0.2) is 13.2 Å². The summed E-state index contributed by atoms with van der Waals surface area (Å²) in [4.78, 5) is 4.10. The van der Waals surface area contributed by atoms with Crippen LogP contribution in [-0.4, -0.2) is 31.1 Å². The van der Waals surface area contributed by atoms with E-state index in [1.54, 1.807) is 18.2 Å². The molecular formula is C18H16F3N3. The van der Waals surface area contributed by atoms with Gasteiger partial charge in [-0.3, -0.25) is 4.90 Å². The summed E-state index contributed by atoms with van der Waals surface area (Å²) in [6.07, 6.45) is 0. The van der Waals surface area contributed by atoms with E-state index >= 15 is 0 Å². The zero-order valence-corrected chi connectivity index (χ0v) is 13.0. The van der Waals surface area contributed by atoms with Gasteiger partial charge in [0.25, 0.3) is 0 Å². The third-order valence-corrected chi connectivity index (χ3v) is 4.21. The van der Waals surface area contributed by atoms with E-state index in [0.717, 1.165) is 6.07 Å². The normalized spacial score (nSPS) is 15.3. The first-order valence-electron chi connectivity index (χ1n) is 7.68. The first kappa shape index (κ1) is 16.3. The van der Waals surface area contributed by atoms with Gasteiger partial charge in [0.1, 0.15) is 17.4 Å². The Morgan fingerprint density at radius 3 is 2.33 bits per heavy atom. The van der Waals surface area contributed by atoms with Crippen LogP contribution in [0.4, 0.5) is 18.9 Å². The molecule has 0 amide bonds. The van der Waals surface area contributed by atoms with Crippen molar-refractivity contribution in [2.75, 3.05) is 31.1 Å². The van der Waals surface area contributed by atoms with Crippen molar-refractivity contribution in [3.8, 4) is 6.07 Å². The Kier molecular flexibility index (Phi) is 4.72. The lowest BCUT2D eigenvalue weighted by atomic mass is 10.1. The van der Waals surface area contributed by atoms with Crippen LogP contribution in [0, 0.1) is 28.8 Å². The third-order valence-electron chi connectivity index (χ3n) is 4.21. The van der Waals surface area contributed by atoms with Gasteiger partial charge in [-0.2, -0.15) is 5.26 Å². The molecule has 0 atom stereocenters. The van der Waals surface area contributed by atoms with E-state index in [1.165, 1.54) is 12.1 Å². The second-order valence-corrected chi connectivity index (χ2v) is 5.76. The fourth-order valence-electron chi connectivity index (χ4n) is 2.93. The highest BCUT2D eigenvalue weighted by molar-refractivity contribution is 5.60. The topological polar surface area (TPSA) is 30.3 Å². The summed E-state index contributed by atoms with van der Waals surface area (Å²) in [5.41, 5.74) is 1.38. The Balaban J connectivity index is 1.65. The predicted molar refractivity (Wildman–Crippen MR) is 85.0 cm³/mol. The molecule has 6 heteroatoms.